The van der Waals surface area contributed by atoms with E-state index in [0.717, 1.165) is 10.3 Å². The quantitative estimate of drug-likeness (QED) is 0.801. The average Bonchev–Trinajstić information content (AvgIpc) is 2.01. The second-order valence-electron chi connectivity index (χ2n) is 4.23. The lowest BCUT2D eigenvalue weighted by atomic mass is 9.85. The second kappa shape index (κ2) is 5.10. The molecule has 0 unspecified atom stereocenters. The summed E-state index contributed by atoms with van der Waals surface area (Å²) in [6.07, 6.45) is 0. The van der Waals surface area contributed by atoms with E-state index in [9.17, 15) is 0 Å². The maximum absolute atomic E-state index is 6.06. The number of hydrogen-bond acceptors (Lipinski definition) is 2. The minimum Gasteiger partial charge on any atom is -0.322 e. The van der Waals surface area contributed by atoms with Crippen molar-refractivity contribution < 1.29 is 0 Å². The molecule has 0 saturated carbocycles. The smallest absolute Gasteiger partial charge is 0.106 e. The molecule has 0 aliphatic carbocycles. The zero-order valence-corrected chi connectivity index (χ0v) is 11.0. The highest BCUT2D eigenvalue weighted by molar-refractivity contribution is 9.10. The Labute approximate surface area is 99.8 Å². The van der Waals surface area contributed by atoms with Crippen LogP contribution in [0.3, 0.4) is 0 Å². The van der Waals surface area contributed by atoms with E-state index >= 15 is 0 Å². The summed E-state index contributed by atoms with van der Waals surface area (Å²) in [5.74, 6) is 0. The van der Waals surface area contributed by atoms with Crippen molar-refractivity contribution in [2.45, 2.75) is 26.8 Å². The third-order valence-electron chi connectivity index (χ3n) is 1.99. The van der Waals surface area contributed by atoms with Gasteiger partial charge in [-0.3, -0.25) is 0 Å². The highest BCUT2D eigenvalue weighted by atomic mass is 79.9. The Hall–Kier alpha value is -0.120. The zero-order chi connectivity index (χ0) is 10.1. The standard InChI is InChI=1S/C10H15BrN2.ClH/c1-10(2,3)9(12)7-5-4-6-8(11)13-7;/h4-6,9H,12H2,1-3H3;1H/t9-;/m1./s1. The van der Waals surface area contributed by atoms with Gasteiger partial charge in [0, 0.05) is 0 Å². The Bertz CT molecular complexity index is 296. The van der Waals surface area contributed by atoms with Crippen LogP contribution < -0.4 is 5.73 Å². The summed E-state index contributed by atoms with van der Waals surface area (Å²) in [6.45, 7) is 6.33. The van der Waals surface area contributed by atoms with Crippen molar-refractivity contribution in [1.82, 2.24) is 4.98 Å². The van der Waals surface area contributed by atoms with E-state index in [-0.39, 0.29) is 23.9 Å². The number of aromatic nitrogens is 1. The highest BCUT2D eigenvalue weighted by Gasteiger charge is 2.23. The van der Waals surface area contributed by atoms with Crippen LogP contribution in [0.1, 0.15) is 32.5 Å². The molecule has 0 aromatic carbocycles. The van der Waals surface area contributed by atoms with E-state index in [2.05, 4.69) is 41.7 Å². The molecule has 14 heavy (non-hydrogen) atoms. The number of halogens is 2. The molecule has 1 aromatic heterocycles. The molecule has 0 bridgehead atoms. The minimum absolute atomic E-state index is 0. The predicted octanol–water partition coefficient (Wildman–Crippen LogP) is 3.31. The van der Waals surface area contributed by atoms with Crippen LogP contribution in [0.4, 0.5) is 0 Å². The van der Waals surface area contributed by atoms with Crippen LogP contribution in [-0.4, -0.2) is 4.98 Å². The lowest BCUT2D eigenvalue weighted by Gasteiger charge is -2.26. The lowest BCUT2D eigenvalue weighted by Crippen LogP contribution is -2.27. The third-order valence-corrected chi connectivity index (χ3v) is 2.43. The largest absolute Gasteiger partial charge is 0.322 e. The monoisotopic (exact) mass is 278 g/mol. The van der Waals surface area contributed by atoms with Crippen molar-refractivity contribution in [2.24, 2.45) is 11.1 Å². The van der Waals surface area contributed by atoms with Crippen LogP contribution in [0, 0.1) is 5.41 Å². The summed E-state index contributed by atoms with van der Waals surface area (Å²) in [5.41, 5.74) is 7.04. The van der Waals surface area contributed by atoms with Gasteiger partial charge in [0.2, 0.25) is 0 Å². The molecule has 2 nitrogen and oxygen atoms in total. The summed E-state index contributed by atoms with van der Waals surface area (Å²) in [6, 6.07) is 5.79. The Morgan fingerprint density at radius 3 is 2.36 bits per heavy atom. The zero-order valence-electron chi connectivity index (χ0n) is 8.62. The highest BCUT2D eigenvalue weighted by Crippen LogP contribution is 2.29. The number of nitrogens with two attached hydrogens (primary N) is 1. The Morgan fingerprint density at radius 2 is 1.93 bits per heavy atom. The normalized spacial score (nSPS) is 13.2. The van der Waals surface area contributed by atoms with Crippen molar-refractivity contribution in [3.63, 3.8) is 0 Å². The van der Waals surface area contributed by atoms with E-state index in [4.69, 9.17) is 5.73 Å². The van der Waals surface area contributed by atoms with E-state index < -0.39 is 0 Å². The maximum atomic E-state index is 6.06. The topological polar surface area (TPSA) is 38.9 Å². The molecule has 0 saturated heterocycles. The number of pyridine rings is 1. The van der Waals surface area contributed by atoms with Crippen molar-refractivity contribution in [3.05, 3.63) is 28.5 Å². The van der Waals surface area contributed by atoms with Gasteiger partial charge in [-0.2, -0.15) is 0 Å². The molecule has 0 fully saturated rings. The van der Waals surface area contributed by atoms with Crippen molar-refractivity contribution in [2.75, 3.05) is 0 Å². The number of nitrogens with zero attached hydrogens (tertiary/aromatic N) is 1. The van der Waals surface area contributed by atoms with Crippen LogP contribution in [0.2, 0.25) is 0 Å². The van der Waals surface area contributed by atoms with E-state index in [1.165, 1.54) is 0 Å². The molecule has 1 atom stereocenters. The molecule has 0 aliphatic rings. The van der Waals surface area contributed by atoms with Crippen molar-refractivity contribution in [1.29, 1.82) is 0 Å². The molecule has 2 N–H and O–H groups in total. The van der Waals surface area contributed by atoms with E-state index in [1.54, 1.807) is 0 Å². The summed E-state index contributed by atoms with van der Waals surface area (Å²) >= 11 is 3.33. The molecule has 0 aliphatic heterocycles. The first kappa shape index (κ1) is 13.9. The molecule has 0 spiro atoms. The second-order valence-corrected chi connectivity index (χ2v) is 5.04. The van der Waals surface area contributed by atoms with Gasteiger partial charge in [-0.05, 0) is 33.5 Å². The fraction of sp³-hybridized carbons (Fsp3) is 0.500. The predicted molar refractivity (Wildman–Crippen MR) is 65.6 cm³/mol. The van der Waals surface area contributed by atoms with Crippen molar-refractivity contribution >= 4 is 28.3 Å². The maximum Gasteiger partial charge on any atom is 0.106 e. The summed E-state index contributed by atoms with van der Waals surface area (Å²) in [7, 11) is 0. The fourth-order valence-electron chi connectivity index (χ4n) is 1.04. The first-order valence-electron chi connectivity index (χ1n) is 4.29. The van der Waals surface area contributed by atoms with Gasteiger partial charge in [0.25, 0.3) is 0 Å². The SMILES string of the molecule is CC(C)(C)[C@H](N)c1cccc(Br)n1.Cl. The van der Waals surface area contributed by atoms with Gasteiger partial charge in [0.05, 0.1) is 11.7 Å². The minimum atomic E-state index is -0.0231. The number of hydrogen-bond donors (Lipinski definition) is 1. The fourth-order valence-corrected chi connectivity index (χ4v) is 1.40. The summed E-state index contributed by atoms with van der Waals surface area (Å²) in [4.78, 5) is 4.33. The molecule has 1 rings (SSSR count). The molecule has 4 heteroatoms. The van der Waals surface area contributed by atoms with Gasteiger partial charge in [0.15, 0.2) is 0 Å². The summed E-state index contributed by atoms with van der Waals surface area (Å²) in [5, 5.41) is 0. The van der Waals surface area contributed by atoms with Crippen LogP contribution in [0.25, 0.3) is 0 Å². The van der Waals surface area contributed by atoms with Gasteiger partial charge in [-0.25, -0.2) is 4.98 Å². The summed E-state index contributed by atoms with van der Waals surface area (Å²) < 4.78 is 0.838. The van der Waals surface area contributed by atoms with Gasteiger partial charge >= 0.3 is 0 Å². The Balaban J connectivity index is 0.00000169. The van der Waals surface area contributed by atoms with Gasteiger partial charge in [-0.15, -0.1) is 12.4 Å². The average molecular weight is 280 g/mol. The van der Waals surface area contributed by atoms with Crippen LogP contribution >= 0.6 is 28.3 Å². The molecule has 1 heterocycles. The van der Waals surface area contributed by atoms with Gasteiger partial charge in [0.1, 0.15) is 4.60 Å². The molecule has 80 valence electrons. The Kier molecular flexibility index (Phi) is 5.06. The molecule has 0 radical (unpaired) electrons. The van der Waals surface area contributed by atoms with E-state index in [0.29, 0.717) is 0 Å². The molecular weight excluding hydrogens is 263 g/mol. The first-order chi connectivity index (χ1) is 5.91. The Morgan fingerprint density at radius 1 is 1.36 bits per heavy atom. The van der Waals surface area contributed by atoms with E-state index in [1.807, 2.05) is 18.2 Å². The van der Waals surface area contributed by atoms with Gasteiger partial charge < -0.3 is 5.73 Å². The van der Waals surface area contributed by atoms with Crippen LogP contribution in [0.15, 0.2) is 22.8 Å². The third kappa shape index (κ3) is 3.56. The lowest BCUT2D eigenvalue weighted by molar-refractivity contribution is 0.321. The van der Waals surface area contributed by atoms with Crippen LogP contribution in [-0.2, 0) is 0 Å². The van der Waals surface area contributed by atoms with Crippen molar-refractivity contribution in [3.8, 4) is 0 Å². The van der Waals surface area contributed by atoms with Gasteiger partial charge in [-0.1, -0.05) is 26.8 Å². The number of rotatable bonds is 1. The molecule has 1 aromatic rings. The molecular formula is C10H16BrClN2. The van der Waals surface area contributed by atoms with Crippen LogP contribution in [0.5, 0.6) is 0 Å². The first-order valence-corrected chi connectivity index (χ1v) is 5.08. The molecule has 0 amide bonds.